The molecule has 7 heteroatoms. The molecule has 0 saturated carbocycles. The fraction of sp³-hybridized carbons (Fsp3) is 0.688. The molecule has 0 aromatic heterocycles. The van der Waals surface area contributed by atoms with Crippen molar-refractivity contribution in [1.82, 2.24) is 0 Å². The molecule has 23 heavy (non-hydrogen) atoms. The van der Waals surface area contributed by atoms with Gasteiger partial charge in [-0.25, -0.2) is 4.79 Å². The molecule has 0 amide bonds. The minimum absolute atomic E-state index is 0.0413. The molecule has 7 nitrogen and oxygen atoms in total. The van der Waals surface area contributed by atoms with Crippen LogP contribution in [-0.4, -0.2) is 51.4 Å². The third-order valence-corrected chi connectivity index (χ3v) is 3.71. The van der Waals surface area contributed by atoms with Gasteiger partial charge in [-0.15, -0.1) is 0 Å². The largest absolute Gasteiger partial charge is 0.468 e. The van der Waals surface area contributed by atoms with Crippen molar-refractivity contribution in [3.63, 3.8) is 0 Å². The smallest absolute Gasteiger partial charge is 0.330 e. The predicted molar refractivity (Wildman–Crippen MR) is 80.4 cm³/mol. The first-order valence-corrected chi connectivity index (χ1v) is 7.50. The average Bonchev–Trinajstić information content (AvgIpc) is 2.84. The molecule has 0 unspecified atom stereocenters. The summed E-state index contributed by atoms with van der Waals surface area (Å²) < 4.78 is 20.2. The van der Waals surface area contributed by atoms with Gasteiger partial charge in [0.05, 0.1) is 33.5 Å². The van der Waals surface area contributed by atoms with Crippen molar-refractivity contribution in [2.75, 3.05) is 27.4 Å². The van der Waals surface area contributed by atoms with E-state index in [1.165, 1.54) is 14.2 Å². The van der Waals surface area contributed by atoms with Gasteiger partial charge in [0.15, 0.2) is 0 Å². The molecule has 1 aliphatic heterocycles. The van der Waals surface area contributed by atoms with E-state index in [4.69, 9.17) is 18.9 Å². The Hall–Kier alpha value is -1.89. The van der Waals surface area contributed by atoms with Crippen molar-refractivity contribution in [1.29, 1.82) is 0 Å². The Balaban J connectivity index is 3.41. The molecule has 130 valence electrons. The van der Waals surface area contributed by atoms with E-state index in [0.717, 1.165) is 6.08 Å². The highest BCUT2D eigenvalue weighted by Gasteiger charge is 2.61. The van der Waals surface area contributed by atoms with Crippen LogP contribution in [0.5, 0.6) is 0 Å². The van der Waals surface area contributed by atoms with Gasteiger partial charge in [-0.2, -0.15) is 0 Å². The molecule has 1 rings (SSSR count). The summed E-state index contributed by atoms with van der Waals surface area (Å²) in [6.07, 6.45) is 0.797. The average molecular weight is 328 g/mol. The number of carbonyl (C=O) groups excluding carboxylic acids is 3. The van der Waals surface area contributed by atoms with Gasteiger partial charge in [0.1, 0.15) is 0 Å². The van der Waals surface area contributed by atoms with Crippen LogP contribution < -0.4 is 0 Å². The number of methoxy groups -OCH3 is 2. The van der Waals surface area contributed by atoms with E-state index in [-0.39, 0.29) is 24.7 Å². The summed E-state index contributed by atoms with van der Waals surface area (Å²) in [5.41, 5.74) is -1.58. The standard InChI is InChI=1S/C16H24O7/c1-6-22-13(17)8-11-9-23-12(7-10(2)3)16(11,14(18)20-4)15(19)21-5/h8,10,12H,6-7,9H2,1-5H3/b11-8+/t12-/m0/s1. The van der Waals surface area contributed by atoms with E-state index < -0.39 is 29.4 Å². The van der Waals surface area contributed by atoms with Crippen LogP contribution >= 0.6 is 0 Å². The summed E-state index contributed by atoms with van der Waals surface area (Å²) in [5.74, 6) is -2.09. The highest BCUT2D eigenvalue weighted by molar-refractivity contribution is 6.06. The molecule has 1 saturated heterocycles. The zero-order valence-corrected chi connectivity index (χ0v) is 14.2. The van der Waals surface area contributed by atoms with Crippen molar-refractivity contribution in [3.05, 3.63) is 11.6 Å². The summed E-state index contributed by atoms with van der Waals surface area (Å²) in [6, 6.07) is 0. The summed E-state index contributed by atoms with van der Waals surface area (Å²) in [7, 11) is 2.36. The lowest BCUT2D eigenvalue weighted by Crippen LogP contribution is -2.49. The van der Waals surface area contributed by atoms with E-state index in [1.54, 1.807) is 6.92 Å². The second-order valence-corrected chi connectivity index (χ2v) is 5.64. The second kappa shape index (κ2) is 8.10. The monoisotopic (exact) mass is 328 g/mol. The number of esters is 3. The zero-order chi connectivity index (χ0) is 17.6. The van der Waals surface area contributed by atoms with Gasteiger partial charge < -0.3 is 18.9 Å². The second-order valence-electron chi connectivity index (χ2n) is 5.64. The first-order chi connectivity index (χ1) is 10.8. The van der Waals surface area contributed by atoms with Gasteiger partial charge in [0.2, 0.25) is 5.41 Å². The SMILES string of the molecule is CCOC(=O)/C=C1\CO[C@@H](CC(C)C)C1(C(=O)OC)C(=O)OC. The third kappa shape index (κ3) is 3.72. The van der Waals surface area contributed by atoms with Crippen LogP contribution in [0.15, 0.2) is 11.6 Å². The maximum absolute atomic E-state index is 12.5. The Labute approximate surface area is 135 Å². The maximum Gasteiger partial charge on any atom is 0.330 e. The van der Waals surface area contributed by atoms with Gasteiger partial charge >= 0.3 is 17.9 Å². The summed E-state index contributed by atoms with van der Waals surface area (Å²) >= 11 is 0. The van der Waals surface area contributed by atoms with E-state index >= 15 is 0 Å². The van der Waals surface area contributed by atoms with E-state index in [1.807, 2.05) is 13.8 Å². The van der Waals surface area contributed by atoms with Crippen LogP contribution in [0.3, 0.4) is 0 Å². The first-order valence-electron chi connectivity index (χ1n) is 7.50. The predicted octanol–water partition coefficient (Wildman–Crippen LogP) is 1.25. The molecule has 0 spiro atoms. The lowest BCUT2D eigenvalue weighted by molar-refractivity contribution is -0.171. The highest BCUT2D eigenvalue weighted by Crippen LogP contribution is 2.44. The fourth-order valence-electron chi connectivity index (χ4n) is 2.72. The molecule has 0 N–H and O–H groups in total. The highest BCUT2D eigenvalue weighted by atomic mass is 16.6. The summed E-state index contributed by atoms with van der Waals surface area (Å²) in [6.45, 7) is 5.69. The van der Waals surface area contributed by atoms with E-state index in [0.29, 0.717) is 6.42 Å². The van der Waals surface area contributed by atoms with Gasteiger partial charge in [-0.1, -0.05) is 13.8 Å². The van der Waals surface area contributed by atoms with Gasteiger partial charge in [-0.3, -0.25) is 9.59 Å². The molecule has 0 aromatic carbocycles. The molecule has 1 atom stereocenters. The zero-order valence-electron chi connectivity index (χ0n) is 14.2. The minimum atomic E-state index is -1.78. The summed E-state index contributed by atoms with van der Waals surface area (Å²) in [5, 5.41) is 0. The molecule has 0 aliphatic carbocycles. The fourth-order valence-corrected chi connectivity index (χ4v) is 2.72. The van der Waals surface area contributed by atoms with Gasteiger partial charge in [0, 0.05) is 6.08 Å². The van der Waals surface area contributed by atoms with Gasteiger partial charge in [-0.05, 0) is 24.8 Å². The van der Waals surface area contributed by atoms with Crippen molar-refractivity contribution >= 4 is 17.9 Å². The van der Waals surface area contributed by atoms with E-state index in [2.05, 4.69) is 0 Å². The van der Waals surface area contributed by atoms with Crippen molar-refractivity contribution < 1.29 is 33.3 Å². The van der Waals surface area contributed by atoms with Crippen LogP contribution in [-0.2, 0) is 33.3 Å². The molecule has 1 aliphatic rings. The molecule has 0 aromatic rings. The van der Waals surface area contributed by atoms with Gasteiger partial charge in [0.25, 0.3) is 0 Å². The van der Waals surface area contributed by atoms with Crippen molar-refractivity contribution in [2.24, 2.45) is 11.3 Å². The normalized spacial score (nSPS) is 21.3. The Bertz CT molecular complexity index is 477. The number of hydrogen-bond acceptors (Lipinski definition) is 7. The summed E-state index contributed by atoms with van der Waals surface area (Å²) in [4.78, 5) is 36.7. The third-order valence-electron chi connectivity index (χ3n) is 3.71. The molecule has 1 heterocycles. The first kappa shape index (κ1) is 19.2. The Morgan fingerprint density at radius 3 is 2.26 bits per heavy atom. The number of rotatable bonds is 6. The number of carbonyl (C=O) groups is 3. The van der Waals surface area contributed by atoms with E-state index in [9.17, 15) is 14.4 Å². The molecule has 0 bridgehead atoms. The Morgan fingerprint density at radius 1 is 1.26 bits per heavy atom. The lowest BCUT2D eigenvalue weighted by Gasteiger charge is -2.30. The Kier molecular flexibility index (Phi) is 6.75. The van der Waals surface area contributed by atoms with Crippen LogP contribution in [0.25, 0.3) is 0 Å². The lowest BCUT2D eigenvalue weighted by atomic mass is 9.74. The van der Waals surface area contributed by atoms with Crippen LogP contribution in [0.2, 0.25) is 0 Å². The number of ether oxygens (including phenoxy) is 4. The molecular formula is C16H24O7. The Morgan fingerprint density at radius 2 is 1.83 bits per heavy atom. The quantitative estimate of drug-likeness (QED) is 0.314. The van der Waals surface area contributed by atoms with Crippen LogP contribution in [0.4, 0.5) is 0 Å². The van der Waals surface area contributed by atoms with Crippen molar-refractivity contribution in [3.8, 4) is 0 Å². The minimum Gasteiger partial charge on any atom is -0.468 e. The molecule has 1 fully saturated rings. The molecule has 0 radical (unpaired) electrons. The van der Waals surface area contributed by atoms with Crippen LogP contribution in [0, 0.1) is 11.3 Å². The van der Waals surface area contributed by atoms with Crippen molar-refractivity contribution in [2.45, 2.75) is 33.3 Å². The maximum atomic E-state index is 12.5. The van der Waals surface area contributed by atoms with Crippen LogP contribution in [0.1, 0.15) is 27.2 Å². The topological polar surface area (TPSA) is 88.1 Å². The molecular weight excluding hydrogens is 304 g/mol. The number of hydrogen-bond donors (Lipinski definition) is 0.